The number of imide groups is 1. The summed E-state index contributed by atoms with van der Waals surface area (Å²) in [5.74, 6) is 2.87. The van der Waals surface area contributed by atoms with Gasteiger partial charge < -0.3 is 37.4 Å². The van der Waals surface area contributed by atoms with Crippen LogP contribution in [0.15, 0.2) is 346 Å². The second-order valence-corrected chi connectivity index (χ2v) is 43.9. The summed E-state index contributed by atoms with van der Waals surface area (Å²) in [7, 11) is -18.1. The van der Waals surface area contributed by atoms with Gasteiger partial charge in [-0.15, -0.1) is 0 Å². The van der Waals surface area contributed by atoms with Crippen LogP contribution in [0.2, 0.25) is 0 Å². The summed E-state index contributed by atoms with van der Waals surface area (Å²) in [5.41, 5.74) is 14.8. The lowest BCUT2D eigenvalue weighted by Crippen LogP contribution is -2.32. The molecule has 1 fully saturated rings. The van der Waals surface area contributed by atoms with E-state index in [0.717, 1.165) is 93.8 Å². The number of aliphatic hydroxyl groups is 2. The summed E-state index contributed by atoms with van der Waals surface area (Å²) in [5, 5.41) is 22.8. The molecule has 7 aliphatic heterocycles. The number of aryl methyl sites for hydroxylation is 1. The van der Waals surface area contributed by atoms with Gasteiger partial charge in [0.15, 0.2) is 0 Å². The minimum atomic E-state index is -3.29. The highest BCUT2D eigenvalue weighted by molar-refractivity contribution is 7.69. The Balaban J connectivity index is 0.000000109. The van der Waals surface area contributed by atoms with Gasteiger partial charge in [-0.25, -0.2) is 0 Å². The minimum absolute atomic E-state index is 0.0550. The topological polar surface area (TPSA) is 236 Å². The Morgan fingerprint density at radius 3 is 0.942 bits per heavy atom. The fourth-order valence-electron chi connectivity index (χ4n) is 16.0. The molecule has 2 amide bonds. The quantitative estimate of drug-likeness (QED) is 0.0956. The van der Waals surface area contributed by atoms with Crippen LogP contribution in [0.1, 0.15) is 30.0 Å². The van der Waals surface area contributed by atoms with Crippen LogP contribution in [0.25, 0.3) is 66.8 Å². The van der Waals surface area contributed by atoms with Crippen molar-refractivity contribution in [2.45, 2.75) is 32.6 Å². The third-order valence-corrected chi connectivity index (χ3v) is 35.2. The highest BCUT2D eigenvalue weighted by Gasteiger charge is 2.47. The van der Waals surface area contributed by atoms with Crippen molar-refractivity contribution in [1.29, 1.82) is 0 Å². The predicted octanol–water partition coefficient (Wildman–Crippen LogP) is 21.6. The van der Waals surface area contributed by atoms with Crippen molar-refractivity contribution in [3.63, 3.8) is 0 Å². The average molecular weight is 1720 g/mol. The lowest BCUT2D eigenvalue weighted by molar-refractivity contribution is -0.138. The van der Waals surface area contributed by atoms with E-state index in [1.165, 1.54) is 10.5 Å². The SMILES string of the molecule is CCN1C(=O)CC(CP2(=O)Oc3ccccc3-c3ccccc32)C1=O.CP1(=O)Oc2ccccc2-c2ccccc21.Cc1ccc(CP2(=O)Oc3ccccc3-c3ccccc32)cc1.O=P1(CCO)Oc2ccccc2-c2ccccc21.O=P1(CO)Oc2ccccc2-c2ccccc21.O=P1(Cc2ccccc2)Oc2ccccc2-c2ccccc21. The number of aliphatic hydroxyl groups excluding tert-OH is 2. The van der Waals surface area contributed by atoms with Crippen LogP contribution in [0.5, 0.6) is 34.5 Å². The fraction of sp³-hybridized carbons (Fsp3) is 0.122. The molecule has 0 spiro atoms. The molecule has 7 unspecified atom stereocenters. The molecule has 14 aromatic carbocycles. The maximum Gasteiger partial charge on any atom is 0.302 e. The van der Waals surface area contributed by atoms with E-state index in [4.69, 9.17) is 32.2 Å². The van der Waals surface area contributed by atoms with Crippen molar-refractivity contribution in [3.05, 3.63) is 362 Å². The summed E-state index contributed by atoms with van der Waals surface area (Å²) in [4.78, 5) is 25.7. The van der Waals surface area contributed by atoms with Gasteiger partial charge in [0.1, 0.15) is 40.8 Å². The predicted molar refractivity (Wildman–Crippen MR) is 484 cm³/mol. The summed E-state index contributed by atoms with van der Waals surface area (Å²) < 4.78 is 113. The van der Waals surface area contributed by atoms with Gasteiger partial charge in [0.05, 0.1) is 69.0 Å². The van der Waals surface area contributed by atoms with Crippen LogP contribution in [-0.2, 0) is 49.3 Å². The van der Waals surface area contributed by atoms with Gasteiger partial charge in [-0.05, 0) is 131 Å². The van der Waals surface area contributed by atoms with E-state index in [1.807, 2.05) is 315 Å². The van der Waals surface area contributed by atoms with E-state index in [-0.39, 0.29) is 37.2 Å². The molecular weight excluding hydrogens is 1630 g/mol. The highest BCUT2D eigenvalue weighted by Crippen LogP contribution is 2.61. The fourth-order valence-corrected chi connectivity index (χ4v) is 28.7. The van der Waals surface area contributed by atoms with Gasteiger partial charge in [-0.1, -0.05) is 279 Å². The van der Waals surface area contributed by atoms with Crippen molar-refractivity contribution in [1.82, 2.24) is 4.90 Å². The summed E-state index contributed by atoms with van der Waals surface area (Å²) in [6, 6.07) is 110. The third kappa shape index (κ3) is 17.0. The van der Waals surface area contributed by atoms with Gasteiger partial charge in [0.25, 0.3) is 36.8 Å². The standard InChI is InChI=1S/C20H17O2P.C19H18NO4P.C19H15O2P.C14H13O3P.C13H11O3P.C13H11O2P/c1-15-10-12-16(13-11-15)14-23(21)20-9-5-3-7-18(20)17-6-2-4-8-19(17)22-23;1-2-20-18(21)11-13(19(20)22)12-25(23)17-10-6-4-8-15(17)14-7-3-5-9-16(14)24-25;20-22(14-15-8-2-1-3-9-15)19-13-7-5-11-17(19)16-10-4-6-12-18(16)21-22;15-9-10-18(16)14-8-4-2-6-12(14)11-5-1-3-7-13(11)17-18;14-9-17(15)13-8-4-2-6-11(13)10-5-1-3-7-12(10)16-17;1-16(14)13-9-5-3-7-11(13)10-6-2-4-8-12(10)15-16/h2-13H,14H2,1H3;3-10,13H,2,11-12H2,1H3;1-13H,14H2;1-8,15H,9-10H2;1-8,14H,9H2;2-9H,1H3. The van der Waals surface area contributed by atoms with Crippen LogP contribution in [0.4, 0.5) is 0 Å². The van der Waals surface area contributed by atoms with Crippen LogP contribution in [0, 0.1) is 12.8 Å². The summed E-state index contributed by atoms with van der Waals surface area (Å²) in [6.07, 6.45) is 0.664. The lowest BCUT2D eigenvalue weighted by Gasteiger charge is -2.29. The first-order valence-corrected chi connectivity index (χ1v) is 50.7. The van der Waals surface area contributed by atoms with Crippen molar-refractivity contribution in [2.75, 3.05) is 38.5 Å². The number of carbonyl (C=O) groups excluding carboxylic acids is 2. The zero-order chi connectivity index (χ0) is 84.1. The van der Waals surface area contributed by atoms with Crippen molar-refractivity contribution >= 4 is 87.9 Å². The number of para-hydroxylation sites is 6. The van der Waals surface area contributed by atoms with E-state index in [1.54, 1.807) is 43.9 Å². The Hall–Kier alpha value is -11.7. The molecule has 7 atom stereocenters. The normalized spacial score (nSPS) is 21.0. The molecule has 2 N–H and O–H groups in total. The number of benzene rings is 14. The largest absolute Gasteiger partial charge is 0.439 e. The molecule has 14 aromatic rings. The third-order valence-electron chi connectivity index (χ3n) is 21.7. The van der Waals surface area contributed by atoms with Gasteiger partial charge >= 0.3 is 7.37 Å². The maximum absolute atomic E-state index is 13.7. The van der Waals surface area contributed by atoms with Crippen molar-refractivity contribution < 1.29 is 74.3 Å². The van der Waals surface area contributed by atoms with Gasteiger partial charge in [0.2, 0.25) is 11.8 Å². The molecule has 0 bridgehead atoms. The number of amides is 2. The van der Waals surface area contributed by atoms with E-state index in [2.05, 4.69) is 6.92 Å². The molecule has 0 aromatic heterocycles. The molecule has 7 heterocycles. The zero-order valence-electron chi connectivity index (χ0n) is 66.4. The number of rotatable bonds is 10. The Morgan fingerprint density at radius 2 is 0.587 bits per heavy atom. The van der Waals surface area contributed by atoms with E-state index < -0.39 is 56.5 Å². The number of fused-ring (bicyclic) bond motifs is 18. The molecule has 17 nitrogen and oxygen atoms in total. The molecule has 608 valence electrons. The van der Waals surface area contributed by atoms with Crippen LogP contribution in [-0.4, -0.2) is 65.4 Å². The first kappa shape index (κ1) is 83.0. The maximum atomic E-state index is 13.7. The lowest BCUT2D eigenvalue weighted by atomic mass is 10.0. The van der Waals surface area contributed by atoms with E-state index in [9.17, 15) is 42.1 Å². The monoisotopic (exact) mass is 1720 g/mol. The summed E-state index contributed by atoms with van der Waals surface area (Å²) >= 11 is 0. The molecule has 23 heteroatoms. The number of hydrogen-bond donors (Lipinski definition) is 2. The van der Waals surface area contributed by atoms with Gasteiger partial charge in [-0.2, -0.15) is 0 Å². The second kappa shape index (κ2) is 35.2. The molecule has 21 rings (SSSR count). The molecule has 0 saturated carbocycles. The number of likely N-dealkylation sites (tertiary alicyclic amines) is 1. The Morgan fingerprint density at radius 1 is 0.314 bits per heavy atom. The second-order valence-electron chi connectivity index (χ2n) is 29.8. The van der Waals surface area contributed by atoms with E-state index >= 15 is 0 Å². The first-order chi connectivity index (χ1) is 58.6. The number of nitrogens with zero attached hydrogens (tertiary/aromatic N) is 1. The molecular formula is C98H85NO16P6. The van der Waals surface area contributed by atoms with Crippen molar-refractivity contribution in [2.24, 2.45) is 5.92 Å². The van der Waals surface area contributed by atoms with Gasteiger partial charge in [-0.3, -0.25) is 41.9 Å². The average Bonchev–Trinajstić information content (AvgIpc) is 1.47. The molecule has 7 aliphatic rings. The highest BCUT2D eigenvalue weighted by atomic mass is 31.2. The van der Waals surface area contributed by atoms with Gasteiger partial charge in [0, 0.05) is 53.0 Å². The molecule has 1 saturated heterocycles. The van der Waals surface area contributed by atoms with Crippen LogP contribution >= 0.6 is 44.2 Å². The van der Waals surface area contributed by atoms with E-state index in [0.29, 0.717) is 69.3 Å². The minimum Gasteiger partial charge on any atom is -0.439 e. The Bertz CT molecular complexity index is 6590. The van der Waals surface area contributed by atoms with Crippen molar-refractivity contribution in [3.8, 4) is 101 Å². The van der Waals surface area contributed by atoms with Crippen LogP contribution in [0.3, 0.4) is 0 Å². The molecule has 121 heavy (non-hydrogen) atoms. The smallest absolute Gasteiger partial charge is 0.302 e. The summed E-state index contributed by atoms with van der Waals surface area (Å²) in [6.45, 7) is 5.69. The first-order valence-electron chi connectivity index (χ1n) is 39.6. The number of carbonyl (C=O) groups is 2. The Kier molecular flexibility index (Phi) is 24.1. The number of hydrogen-bond acceptors (Lipinski definition) is 16. The Labute approximate surface area is 703 Å². The molecule has 0 aliphatic carbocycles. The molecule has 0 radical (unpaired) electrons. The van der Waals surface area contributed by atoms with Crippen LogP contribution < -0.4 is 59.0 Å². The zero-order valence-corrected chi connectivity index (χ0v) is 71.8.